The average molecular weight is 281 g/mol. The lowest BCUT2D eigenvalue weighted by atomic mass is 10.2. The van der Waals surface area contributed by atoms with Crippen molar-refractivity contribution in [3.8, 4) is 17.4 Å². The van der Waals surface area contributed by atoms with Gasteiger partial charge >= 0.3 is 6.01 Å². The molecule has 0 amide bonds. The van der Waals surface area contributed by atoms with E-state index in [0.29, 0.717) is 5.82 Å². The third-order valence-electron chi connectivity index (χ3n) is 1.93. The van der Waals surface area contributed by atoms with Gasteiger partial charge in [0.25, 0.3) is 0 Å². The summed E-state index contributed by atoms with van der Waals surface area (Å²) in [5.41, 5.74) is 6.41. The molecule has 0 saturated carbocycles. The van der Waals surface area contributed by atoms with Crippen LogP contribution in [-0.2, 0) is 0 Å². The second-order valence-corrected chi connectivity index (χ2v) is 3.84. The number of nitrogen functional groups attached to an aromatic ring is 1. The fourth-order valence-electron chi connectivity index (χ4n) is 1.23. The lowest BCUT2D eigenvalue weighted by molar-refractivity contribution is 0.379. The molecular weight excluding hydrogens is 272 g/mol. The van der Waals surface area contributed by atoms with Crippen LogP contribution in [0.2, 0.25) is 0 Å². The third kappa shape index (κ3) is 2.11. The molecule has 0 aliphatic heterocycles. The van der Waals surface area contributed by atoms with Crippen molar-refractivity contribution in [3.05, 3.63) is 28.7 Å². The predicted molar refractivity (Wildman–Crippen MR) is 63.9 cm³/mol. The zero-order chi connectivity index (χ0) is 11.5. The Balaban J connectivity index is 2.56. The minimum Gasteiger partial charge on any atom is -0.467 e. The molecule has 2 N–H and O–H groups in total. The van der Waals surface area contributed by atoms with E-state index in [-0.39, 0.29) is 12.0 Å². The molecule has 0 aliphatic carbocycles. The van der Waals surface area contributed by atoms with E-state index in [1.165, 1.54) is 7.11 Å². The van der Waals surface area contributed by atoms with Crippen molar-refractivity contribution in [1.82, 2.24) is 15.0 Å². The first-order valence-corrected chi connectivity index (χ1v) is 5.30. The molecule has 1 aromatic carbocycles. The summed E-state index contributed by atoms with van der Waals surface area (Å²) in [6.45, 7) is 0. The Kier molecular flexibility index (Phi) is 3.00. The molecule has 16 heavy (non-hydrogen) atoms. The van der Waals surface area contributed by atoms with Crippen molar-refractivity contribution >= 4 is 21.9 Å². The van der Waals surface area contributed by atoms with Gasteiger partial charge in [-0.25, -0.2) is 0 Å². The Morgan fingerprint density at radius 2 is 1.94 bits per heavy atom. The topological polar surface area (TPSA) is 73.9 Å². The zero-order valence-corrected chi connectivity index (χ0v) is 10.1. The van der Waals surface area contributed by atoms with Gasteiger partial charge in [-0.2, -0.15) is 15.0 Å². The van der Waals surface area contributed by atoms with Crippen LogP contribution in [0, 0.1) is 0 Å². The Morgan fingerprint density at radius 3 is 2.62 bits per heavy atom. The molecule has 0 saturated heterocycles. The molecule has 2 rings (SSSR count). The van der Waals surface area contributed by atoms with Gasteiger partial charge in [-0.15, -0.1) is 0 Å². The molecule has 82 valence electrons. The van der Waals surface area contributed by atoms with E-state index >= 15 is 0 Å². The van der Waals surface area contributed by atoms with E-state index in [1.54, 1.807) is 0 Å². The van der Waals surface area contributed by atoms with Gasteiger partial charge < -0.3 is 10.5 Å². The van der Waals surface area contributed by atoms with Gasteiger partial charge in [0, 0.05) is 10.0 Å². The zero-order valence-electron chi connectivity index (χ0n) is 8.51. The number of benzene rings is 1. The number of hydrogen-bond acceptors (Lipinski definition) is 5. The normalized spacial score (nSPS) is 10.1. The largest absolute Gasteiger partial charge is 0.467 e. The first kappa shape index (κ1) is 10.8. The number of nitrogens with two attached hydrogens (primary N) is 1. The summed E-state index contributed by atoms with van der Waals surface area (Å²) >= 11 is 3.42. The molecule has 5 nitrogen and oxygen atoms in total. The molecule has 0 radical (unpaired) electrons. The van der Waals surface area contributed by atoms with E-state index in [4.69, 9.17) is 10.5 Å². The van der Waals surface area contributed by atoms with Crippen molar-refractivity contribution in [3.63, 3.8) is 0 Å². The molecule has 6 heteroatoms. The molecule has 0 aliphatic rings. The van der Waals surface area contributed by atoms with Gasteiger partial charge in [-0.1, -0.05) is 34.1 Å². The molecular formula is C10H9BrN4O. The number of anilines is 1. The van der Waals surface area contributed by atoms with Crippen molar-refractivity contribution in [2.75, 3.05) is 12.8 Å². The lowest BCUT2D eigenvalue weighted by Crippen LogP contribution is -2.02. The number of aromatic nitrogens is 3. The van der Waals surface area contributed by atoms with Crippen molar-refractivity contribution in [2.45, 2.75) is 0 Å². The van der Waals surface area contributed by atoms with Crippen LogP contribution in [0.5, 0.6) is 6.01 Å². The Labute approximate surface area is 101 Å². The number of ether oxygens (including phenoxy) is 1. The van der Waals surface area contributed by atoms with Gasteiger partial charge in [0.05, 0.1) is 7.11 Å². The van der Waals surface area contributed by atoms with Crippen molar-refractivity contribution < 1.29 is 4.74 Å². The maximum Gasteiger partial charge on any atom is 0.321 e. The van der Waals surface area contributed by atoms with Crippen molar-refractivity contribution in [2.24, 2.45) is 0 Å². The first-order valence-electron chi connectivity index (χ1n) is 4.51. The lowest BCUT2D eigenvalue weighted by Gasteiger charge is -2.04. The van der Waals surface area contributed by atoms with E-state index in [1.807, 2.05) is 24.3 Å². The Morgan fingerprint density at radius 1 is 1.19 bits per heavy atom. The highest BCUT2D eigenvalue weighted by atomic mass is 79.9. The van der Waals surface area contributed by atoms with Crippen LogP contribution in [0.15, 0.2) is 28.7 Å². The van der Waals surface area contributed by atoms with Crippen molar-refractivity contribution in [1.29, 1.82) is 0 Å². The monoisotopic (exact) mass is 280 g/mol. The molecule has 1 aromatic heterocycles. The average Bonchev–Trinajstić information content (AvgIpc) is 2.28. The van der Waals surface area contributed by atoms with E-state index in [0.717, 1.165) is 10.0 Å². The minimum absolute atomic E-state index is 0.137. The highest BCUT2D eigenvalue weighted by Crippen LogP contribution is 2.26. The molecule has 2 aromatic rings. The van der Waals surface area contributed by atoms with E-state index in [2.05, 4.69) is 30.9 Å². The maximum atomic E-state index is 5.56. The Hall–Kier alpha value is -1.69. The molecule has 1 heterocycles. The summed E-state index contributed by atoms with van der Waals surface area (Å²) in [6.07, 6.45) is 0. The predicted octanol–water partition coefficient (Wildman–Crippen LogP) is 1.89. The number of rotatable bonds is 2. The molecule has 0 bridgehead atoms. The number of hydrogen-bond donors (Lipinski definition) is 1. The van der Waals surface area contributed by atoms with Gasteiger partial charge in [0.2, 0.25) is 5.95 Å². The van der Waals surface area contributed by atoms with E-state index < -0.39 is 0 Å². The standard InChI is InChI=1S/C10H9BrN4O/c1-16-10-14-8(13-9(12)15-10)6-4-2-3-5-7(6)11/h2-5H,1H3,(H2,12,13,14,15). The molecule has 0 fully saturated rings. The van der Waals surface area contributed by atoms with Gasteiger partial charge in [0.15, 0.2) is 5.82 Å². The van der Waals surface area contributed by atoms with Crippen LogP contribution >= 0.6 is 15.9 Å². The summed E-state index contributed by atoms with van der Waals surface area (Å²) in [5.74, 6) is 0.620. The smallest absolute Gasteiger partial charge is 0.321 e. The maximum absolute atomic E-state index is 5.56. The first-order chi connectivity index (χ1) is 7.70. The van der Waals surface area contributed by atoms with Gasteiger partial charge in [0.1, 0.15) is 0 Å². The number of halogens is 1. The minimum atomic E-state index is 0.137. The quantitative estimate of drug-likeness (QED) is 0.909. The van der Waals surface area contributed by atoms with Gasteiger partial charge in [-0.05, 0) is 6.07 Å². The summed E-state index contributed by atoms with van der Waals surface area (Å²) in [4.78, 5) is 12.0. The summed E-state index contributed by atoms with van der Waals surface area (Å²) in [7, 11) is 1.48. The van der Waals surface area contributed by atoms with Crippen LogP contribution in [0.25, 0.3) is 11.4 Å². The third-order valence-corrected chi connectivity index (χ3v) is 2.62. The van der Waals surface area contributed by atoms with E-state index in [9.17, 15) is 0 Å². The fourth-order valence-corrected chi connectivity index (χ4v) is 1.69. The highest BCUT2D eigenvalue weighted by molar-refractivity contribution is 9.10. The molecule has 0 atom stereocenters. The summed E-state index contributed by atoms with van der Waals surface area (Å²) in [6, 6.07) is 7.81. The summed E-state index contributed by atoms with van der Waals surface area (Å²) < 4.78 is 5.83. The van der Waals surface area contributed by atoms with Gasteiger partial charge in [-0.3, -0.25) is 0 Å². The number of methoxy groups -OCH3 is 1. The van der Waals surface area contributed by atoms with Crippen LogP contribution in [0.4, 0.5) is 5.95 Å². The molecule has 0 spiro atoms. The summed E-state index contributed by atoms with van der Waals surface area (Å²) in [5, 5.41) is 0. The second kappa shape index (κ2) is 4.44. The fraction of sp³-hybridized carbons (Fsp3) is 0.100. The van der Waals surface area contributed by atoms with Crippen LogP contribution < -0.4 is 10.5 Å². The Bertz CT molecular complexity index is 518. The molecule has 0 unspecified atom stereocenters. The van der Waals surface area contributed by atoms with Crippen LogP contribution in [0.3, 0.4) is 0 Å². The SMILES string of the molecule is COc1nc(N)nc(-c2ccccc2Br)n1. The van der Waals surface area contributed by atoms with Crippen LogP contribution in [0.1, 0.15) is 0 Å². The second-order valence-electron chi connectivity index (χ2n) is 2.98. The highest BCUT2D eigenvalue weighted by Gasteiger charge is 2.09. The number of nitrogens with zero attached hydrogens (tertiary/aromatic N) is 3. The van der Waals surface area contributed by atoms with Crippen LogP contribution in [-0.4, -0.2) is 22.1 Å².